The highest BCUT2D eigenvalue weighted by Crippen LogP contribution is 2.19. The summed E-state index contributed by atoms with van der Waals surface area (Å²) in [7, 11) is 1.77. The van der Waals surface area contributed by atoms with Crippen molar-refractivity contribution in [2.75, 3.05) is 13.6 Å². The molecule has 0 radical (unpaired) electrons. The molecule has 0 aliphatic heterocycles. The highest BCUT2D eigenvalue weighted by atomic mass is 79.9. The van der Waals surface area contributed by atoms with Crippen molar-refractivity contribution in [2.45, 2.75) is 11.8 Å². The first-order valence-electron chi connectivity index (χ1n) is 4.38. The molecule has 0 saturated carbocycles. The van der Waals surface area contributed by atoms with E-state index in [0.717, 1.165) is 27.3 Å². The summed E-state index contributed by atoms with van der Waals surface area (Å²) < 4.78 is 1.03. The minimum absolute atomic E-state index is 0.857. The molecule has 2 nitrogen and oxygen atoms in total. The Morgan fingerprint density at radius 1 is 1.57 bits per heavy atom. The summed E-state index contributed by atoms with van der Waals surface area (Å²) in [6, 6.07) is 5.94. The zero-order chi connectivity index (χ0) is 10.6. The predicted molar refractivity (Wildman–Crippen MR) is 67.5 cm³/mol. The largest absolute Gasteiger partial charge is 0.370 e. The molecule has 0 unspecified atom stereocenters. The number of amidine groups is 1. The van der Waals surface area contributed by atoms with Crippen LogP contribution < -0.4 is 5.32 Å². The molecule has 0 spiro atoms. The number of benzene rings is 1. The molecule has 1 N–H and O–H groups in total. The number of hydrogen-bond acceptors (Lipinski definition) is 2. The van der Waals surface area contributed by atoms with E-state index in [9.17, 15) is 0 Å². The maximum atomic E-state index is 4.40. The second kappa shape index (κ2) is 5.41. The summed E-state index contributed by atoms with van der Waals surface area (Å²) in [5, 5.41) is 3.19. The Balaban J connectivity index is 3.05. The molecule has 0 atom stereocenters. The van der Waals surface area contributed by atoms with Crippen molar-refractivity contribution in [3.63, 3.8) is 0 Å². The van der Waals surface area contributed by atoms with E-state index in [2.05, 4.69) is 38.9 Å². The van der Waals surface area contributed by atoms with Crippen LogP contribution in [0.3, 0.4) is 0 Å². The van der Waals surface area contributed by atoms with E-state index in [-0.39, 0.29) is 0 Å². The van der Waals surface area contributed by atoms with Gasteiger partial charge in [-0.2, -0.15) is 0 Å². The van der Waals surface area contributed by atoms with Crippen LogP contribution in [0.5, 0.6) is 0 Å². The Hall–Kier alpha value is -0.480. The molecule has 0 aliphatic rings. The summed E-state index contributed by atoms with van der Waals surface area (Å²) >= 11 is 7.80. The quantitative estimate of drug-likeness (QED) is 0.483. The van der Waals surface area contributed by atoms with Crippen LogP contribution in [0.1, 0.15) is 12.5 Å². The van der Waals surface area contributed by atoms with Crippen LogP contribution in [0.25, 0.3) is 0 Å². The Labute approximate surface area is 98.4 Å². The summed E-state index contributed by atoms with van der Waals surface area (Å²) in [5.74, 6) is 0.880. The third-order valence-electron chi connectivity index (χ3n) is 1.78. The minimum Gasteiger partial charge on any atom is -0.370 e. The van der Waals surface area contributed by atoms with Crippen LogP contribution >= 0.6 is 28.6 Å². The number of nitrogens with one attached hydrogen (secondary N) is 1. The molecule has 1 rings (SSSR count). The molecular weight excluding hydrogens is 260 g/mol. The van der Waals surface area contributed by atoms with Gasteiger partial charge < -0.3 is 5.32 Å². The average Bonchev–Trinajstić information content (AvgIpc) is 2.15. The van der Waals surface area contributed by atoms with Crippen LogP contribution in [0.4, 0.5) is 0 Å². The highest BCUT2D eigenvalue weighted by Gasteiger charge is 2.05. The second-order valence-electron chi connectivity index (χ2n) is 2.76. The van der Waals surface area contributed by atoms with Crippen molar-refractivity contribution in [1.29, 1.82) is 0 Å². The van der Waals surface area contributed by atoms with Crippen LogP contribution in [-0.4, -0.2) is 19.4 Å². The lowest BCUT2D eigenvalue weighted by molar-refractivity contribution is 0.958. The van der Waals surface area contributed by atoms with Crippen molar-refractivity contribution in [1.82, 2.24) is 5.32 Å². The van der Waals surface area contributed by atoms with Gasteiger partial charge in [-0.3, -0.25) is 4.99 Å². The molecule has 0 heterocycles. The van der Waals surface area contributed by atoms with Gasteiger partial charge in [0.2, 0.25) is 0 Å². The fraction of sp³-hybridized carbons (Fsp3) is 0.300. The summed E-state index contributed by atoms with van der Waals surface area (Å²) in [4.78, 5) is 5.10. The van der Waals surface area contributed by atoms with Crippen molar-refractivity contribution in [3.05, 3.63) is 28.2 Å². The maximum Gasteiger partial charge on any atom is 0.129 e. The van der Waals surface area contributed by atoms with Crippen molar-refractivity contribution < 1.29 is 0 Å². The van der Waals surface area contributed by atoms with E-state index in [4.69, 9.17) is 0 Å². The number of nitrogens with zero attached hydrogens (tertiary/aromatic N) is 1. The maximum absolute atomic E-state index is 4.40. The predicted octanol–water partition coefficient (Wildman–Crippen LogP) is 2.72. The molecule has 0 aliphatic carbocycles. The number of thiol groups is 1. The van der Waals surface area contributed by atoms with Gasteiger partial charge in [0.1, 0.15) is 5.84 Å². The highest BCUT2D eigenvalue weighted by molar-refractivity contribution is 9.10. The molecule has 76 valence electrons. The molecular formula is C10H13BrN2S. The van der Waals surface area contributed by atoms with E-state index in [1.807, 2.05) is 25.1 Å². The van der Waals surface area contributed by atoms with Crippen LogP contribution in [0, 0.1) is 0 Å². The Morgan fingerprint density at radius 3 is 2.79 bits per heavy atom. The van der Waals surface area contributed by atoms with Gasteiger partial charge in [0.25, 0.3) is 0 Å². The number of aliphatic imine (C=N–C) groups is 1. The Bertz CT molecular complexity index is 350. The van der Waals surface area contributed by atoms with Gasteiger partial charge in [-0.25, -0.2) is 0 Å². The smallest absolute Gasteiger partial charge is 0.129 e. The van der Waals surface area contributed by atoms with Gasteiger partial charge in [-0.15, -0.1) is 12.6 Å². The molecule has 4 heteroatoms. The van der Waals surface area contributed by atoms with E-state index < -0.39 is 0 Å². The second-order valence-corrected chi connectivity index (χ2v) is 4.16. The van der Waals surface area contributed by atoms with Crippen molar-refractivity contribution in [2.24, 2.45) is 4.99 Å². The third kappa shape index (κ3) is 2.75. The molecule has 1 aromatic rings. The third-order valence-corrected chi connectivity index (χ3v) is 2.65. The van der Waals surface area contributed by atoms with Crippen LogP contribution in [0.2, 0.25) is 0 Å². The normalized spacial score (nSPS) is 11.6. The first-order valence-corrected chi connectivity index (χ1v) is 5.62. The van der Waals surface area contributed by atoms with Gasteiger partial charge in [-0.1, -0.05) is 15.9 Å². The van der Waals surface area contributed by atoms with E-state index >= 15 is 0 Å². The molecule has 0 saturated heterocycles. The molecule has 0 fully saturated rings. The minimum atomic E-state index is 0.857. The zero-order valence-electron chi connectivity index (χ0n) is 8.21. The van der Waals surface area contributed by atoms with E-state index in [1.165, 1.54) is 0 Å². The van der Waals surface area contributed by atoms with Crippen molar-refractivity contribution in [3.8, 4) is 0 Å². The first-order chi connectivity index (χ1) is 6.69. The van der Waals surface area contributed by atoms with Crippen LogP contribution in [-0.2, 0) is 0 Å². The number of rotatable bonds is 2. The zero-order valence-corrected chi connectivity index (χ0v) is 10.7. The fourth-order valence-corrected chi connectivity index (χ4v) is 2.02. The van der Waals surface area contributed by atoms with Gasteiger partial charge >= 0.3 is 0 Å². The van der Waals surface area contributed by atoms with Gasteiger partial charge in [0, 0.05) is 28.5 Å². The lowest BCUT2D eigenvalue weighted by Crippen LogP contribution is -2.24. The SMILES string of the molecule is CCNC(=NC)c1ccc(Br)cc1S. The topological polar surface area (TPSA) is 24.4 Å². The van der Waals surface area contributed by atoms with Crippen LogP contribution in [0.15, 0.2) is 32.6 Å². The van der Waals surface area contributed by atoms with Gasteiger partial charge in [-0.05, 0) is 25.1 Å². The standard InChI is InChI=1S/C10H13BrN2S/c1-3-13-10(12-2)8-5-4-7(11)6-9(8)14/h4-6,14H,3H2,1-2H3,(H,12,13). The first kappa shape index (κ1) is 11.6. The van der Waals surface area contributed by atoms with E-state index in [0.29, 0.717) is 0 Å². The Morgan fingerprint density at radius 2 is 2.29 bits per heavy atom. The lowest BCUT2D eigenvalue weighted by Gasteiger charge is -2.09. The van der Waals surface area contributed by atoms with E-state index in [1.54, 1.807) is 7.05 Å². The summed E-state index contributed by atoms with van der Waals surface area (Å²) in [5.41, 5.74) is 1.03. The number of halogens is 1. The average molecular weight is 273 g/mol. The fourth-order valence-electron chi connectivity index (χ4n) is 1.17. The van der Waals surface area contributed by atoms with Gasteiger partial charge in [0.15, 0.2) is 0 Å². The molecule has 0 bridgehead atoms. The molecule has 1 aromatic carbocycles. The summed E-state index contributed by atoms with van der Waals surface area (Å²) in [6.07, 6.45) is 0. The van der Waals surface area contributed by atoms with Gasteiger partial charge in [0.05, 0.1) is 0 Å². The Kier molecular flexibility index (Phi) is 4.48. The monoisotopic (exact) mass is 272 g/mol. The lowest BCUT2D eigenvalue weighted by atomic mass is 10.2. The molecule has 14 heavy (non-hydrogen) atoms. The summed E-state index contributed by atoms with van der Waals surface area (Å²) in [6.45, 7) is 2.90. The number of hydrogen-bond donors (Lipinski definition) is 2. The van der Waals surface area contributed by atoms with Crippen molar-refractivity contribution >= 4 is 34.4 Å². The molecule has 0 aromatic heterocycles. The molecule has 0 amide bonds.